The normalized spacial score (nSPS) is 13.0. The molecule has 2 aromatic carbocycles. The van der Waals surface area contributed by atoms with Crippen molar-refractivity contribution in [2.45, 2.75) is 12.3 Å². The van der Waals surface area contributed by atoms with Gasteiger partial charge in [0.25, 0.3) is 0 Å². The van der Waals surface area contributed by atoms with Crippen LogP contribution in [0.5, 0.6) is 0 Å². The topological polar surface area (TPSA) is 32.3 Å². The summed E-state index contributed by atoms with van der Waals surface area (Å²) in [6, 6.07) is 12.1. The summed E-state index contributed by atoms with van der Waals surface area (Å²) in [5.74, 6) is 0. The van der Waals surface area contributed by atoms with E-state index < -0.39 is 17.8 Å². The molecular formula is C15H13ClF3NO. The average Bonchev–Trinajstić information content (AvgIpc) is 2.44. The molecule has 2 rings (SSSR count). The van der Waals surface area contributed by atoms with Crippen LogP contribution in [-0.2, 0) is 6.18 Å². The van der Waals surface area contributed by atoms with Crippen LogP contribution in [0.2, 0.25) is 5.02 Å². The zero-order valence-corrected chi connectivity index (χ0v) is 11.6. The number of benzene rings is 2. The Balaban J connectivity index is 2.08. The minimum atomic E-state index is -4.46. The standard InChI is InChI=1S/C15H13ClF3NO/c16-12-6-11(15(17,18)19)7-13(8-12)20-9-14(21)10-4-2-1-3-5-10/h1-8,14,20-21H,9H2. The Morgan fingerprint density at radius 2 is 1.76 bits per heavy atom. The Labute approximate surface area is 125 Å². The molecule has 0 fully saturated rings. The predicted molar refractivity (Wildman–Crippen MR) is 76.3 cm³/mol. The summed E-state index contributed by atoms with van der Waals surface area (Å²) < 4.78 is 38.0. The molecule has 6 heteroatoms. The van der Waals surface area contributed by atoms with Crippen LogP contribution in [0.1, 0.15) is 17.2 Å². The SMILES string of the molecule is OC(CNc1cc(Cl)cc(C(F)(F)F)c1)c1ccccc1. The lowest BCUT2D eigenvalue weighted by Crippen LogP contribution is -2.13. The molecule has 0 aliphatic carbocycles. The first-order valence-electron chi connectivity index (χ1n) is 6.21. The number of rotatable bonds is 4. The first-order chi connectivity index (χ1) is 9.86. The molecule has 0 bridgehead atoms. The molecule has 1 atom stereocenters. The van der Waals surface area contributed by atoms with Crippen LogP contribution in [0.25, 0.3) is 0 Å². The third kappa shape index (κ3) is 4.37. The van der Waals surface area contributed by atoms with E-state index in [1.165, 1.54) is 6.07 Å². The van der Waals surface area contributed by atoms with E-state index in [0.717, 1.165) is 12.1 Å². The molecule has 2 nitrogen and oxygen atoms in total. The van der Waals surface area contributed by atoms with E-state index in [1.807, 2.05) is 6.07 Å². The van der Waals surface area contributed by atoms with Gasteiger partial charge in [0.1, 0.15) is 0 Å². The molecule has 0 aliphatic rings. The van der Waals surface area contributed by atoms with E-state index in [2.05, 4.69) is 5.32 Å². The molecule has 0 saturated heterocycles. The van der Waals surface area contributed by atoms with E-state index in [-0.39, 0.29) is 17.3 Å². The van der Waals surface area contributed by atoms with Gasteiger partial charge in [-0.25, -0.2) is 0 Å². The number of aliphatic hydroxyl groups is 1. The highest BCUT2D eigenvalue weighted by atomic mass is 35.5. The molecule has 0 saturated carbocycles. The van der Waals surface area contributed by atoms with Gasteiger partial charge >= 0.3 is 6.18 Å². The number of nitrogens with one attached hydrogen (secondary N) is 1. The first-order valence-corrected chi connectivity index (χ1v) is 6.59. The fraction of sp³-hybridized carbons (Fsp3) is 0.200. The summed E-state index contributed by atoms with van der Waals surface area (Å²) in [5, 5.41) is 12.7. The number of anilines is 1. The molecule has 0 radical (unpaired) electrons. The number of aliphatic hydroxyl groups excluding tert-OH is 1. The number of halogens is 4. The molecular weight excluding hydrogens is 303 g/mol. The molecule has 1 unspecified atom stereocenters. The van der Waals surface area contributed by atoms with Crippen molar-refractivity contribution in [3.05, 3.63) is 64.7 Å². The van der Waals surface area contributed by atoms with Gasteiger partial charge in [-0.1, -0.05) is 41.9 Å². The molecule has 112 valence electrons. The van der Waals surface area contributed by atoms with E-state index in [9.17, 15) is 18.3 Å². The lowest BCUT2D eigenvalue weighted by atomic mass is 10.1. The highest BCUT2D eigenvalue weighted by Crippen LogP contribution is 2.33. The molecule has 2 aromatic rings. The minimum absolute atomic E-state index is 0.0125. The number of hydrogen-bond donors (Lipinski definition) is 2. The van der Waals surface area contributed by atoms with Gasteiger partial charge in [-0.05, 0) is 23.8 Å². The Morgan fingerprint density at radius 3 is 2.38 bits per heavy atom. The molecule has 0 amide bonds. The van der Waals surface area contributed by atoms with Crippen LogP contribution in [0.4, 0.5) is 18.9 Å². The van der Waals surface area contributed by atoms with Crippen molar-refractivity contribution in [1.82, 2.24) is 0 Å². The second kappa shape index (κ2) is 6.37. The summed E-state index contributed by atoms with van der Waals surface area (Å²) in [6.45, 7) is 0.0850. The van der Waals surface area contributed by atoms with Gasteiger partial charge in [-0.2, -0.15) is 13.2 Å². The van der Waals surface area contributed by atoms with Gasteiger partial charge in [0, 0.05) is 17.3 Å². The van der Waals surface area contributed by atoms with Crippen molar-refractivity contribution in [1.29, 1.82) is 0 Å². The second-order valence-electron chi connectivity index (χ2n) is 4.53. The fourth-order valence-corrected chi connectivity index (χ4v) is 2.10. The first kappa shape index (κ1) is 15.7. The lowest BCUT2D eigenvalue weighted by molar-refractivity contribution is -0.137. The Hall–Kier alpha value is -1.72. The summed E-state index contributed by atoms with van der Waals surface area (Å²) in [7, 11) is 0. The largest absolute Gasteiger partial charge is 0.416 e. The van der Waals surface area contributed by atoms with Crippen molar-refractivity contribution < 1.29 is 18.3 Å². The fourth-order valence-electron chi connectivity index (χ4n) is 1.86. The minimum Gasteiger partial charge on any atom is -0.387 e. The monoisotopic (exact) mass is 315 g/mol. The van der Waals surface area contributed by atoms with Crippen molar-refractivity contribution in [2.24, 2.45) is 0 Å². The Morgan fingerprint density at radius 1 is 1.10 bits per heavy atom. The van der Waals surface area contributed by atoms with E-state index in [1.54, 1.807) is 24.3 Å². The van der Waals surface area contributed by atoms with Crippen LogP contribution < -0.4 is 5.32 Å². The average molecular weight is 316 g/mol. The highest BCUT2D eigenvalue weighted by molar-refractivity contribution is 6.30. The maximum Gasteiger partial charge on any atom is 0.416 e. The molecule has 2 N–H and O–H groups in total. The molecule has 21 heavy (non-hydrogen) atoms. The number of hydrogen-bond acceptors (Lipinski definition) is 2. The van der Waals surface area contributed by atoms with Crippen molar-refractivity contribution in [2.75, 3.05) is 11.9 Å². The van der Waals surface area contributed by atoms with E-state index in [4.69, 9.17) is 11.6 Å². The van der Waals surface area contributed by atoms with Crippen molar-refractivity contribution >= 4 is 17.3 Å². The van der Waals surface area contributed by atoms with Crippen molar-refractivity contribution in [3.63, 3.8) is 0 Å². The second-order valence-corrected chi connectivity index (χ2v) is 4.97. The van der Waals surface area contributed by atoms with Gasteiger partial charge in [-0.3, -0.25) is 0 Å². The summed E-state index contributed by atoms with van der Waals surface area (Å²) in [4.78, 5) is 0. The van der Waals surface area contributed by atoms with Gasteiger partial charge < -0.3 is 10.4 Å². The maximum atomic E-state index is 12.7. The smallest absolute Gasteiger partial charge is 0.387 e. The third-order valence-electron chi connectivity index (χ3n) is 2.91. The third-order valence-corrected chi connectivity index (χ3v) is 3.13. The summed E-state index contributed by atoms with van der Waals surface area (Å²) in [6.07, 6.45) is -5.28. The molecule has 0 aromatic heterocycles. The van der Waals surface area contributed by atoms with Gasteiger partial charge in [0.2, 0.25) is 0 Å². The zero-order valence-electron chi connectivity index (χ0n) is 10.9. The van der Waals surface area contributed by atoms with Gasteiger partial charge in [0.15, 0.2) is 0 Å². The Kier molecular flexibility index (Phi) is 4.75. The summed E-state index contributed by atoms with van der Waals surface area (Å²) >= 11 is 5.69. The van der Waals surface area contributed by atoms with Crippen LogP contribution in [0, 0.1) is 0 Å². The van der Waals surface area contributed by atoms with E-state index >= 15 is 0 Å². The van der Waals surface area contributed by atoms with Crippen LogP contribution in [0.3, 0.4) is 0 Å². The Bertz CT molecular complexity index is 602. The molecule has 0 aliphatic heterocycles. The zero-order chi connectivity index (χ0) is 15.5. The predicted octanol–water partition coefficient (Wildman–Crippen LogP) is 4.50. The lowest BCUT2D eigenvalue weighted by Gasteiger charge is -2.15. The maximum absolute atomic E-state index is 12.7. The molecule has 0 spiro atoms. The van der Waals surface area contributed by atoms with Gasteiger partial charge in [-0.15, -0.1) is 0 Å². The van der Waals surface area contributed by atoms with Crippen LogP contribution in [0.15, 0.2) is 48.5 Å². The van der Waals surface area contributed by atoms with Crippen molar-refractivity contribution in [3.8, 4) is 0 Å². The molecule has 0 heterocycles. The highest BCUT2D eigenvalue weighted by Gasteiger charge is 2.31. The van der Waals surface area contributed by atoms with Crippen LogP contribution in [-0.4, -0.2) is 11.7 Å². The number of alkyl halides is 3. The quantitative estimate of drug-likeness (QED) is 0.870. The van der Waals surface area contributed by atoms with Crippen LogP contribution >= 0.6 is 11.6 Å². The van der Waals surface area contributed by atoms with Gasteiger partial charge in [0.05, 0.1) is 11.7 Å². The summed E-state index contributed by atoms with van der Waals surface area (Å²) in [5.41, 5.74) is 0.0691. The van der Waals surface area contributed by atoms with E-state index in [0.29, 0.717) is 5.56 Å².